The lowest BCUT2D eigenvalue weighted by molar-refractivity contribution is 0.0790. The van der Waals surface area contributed by atoms with Gasteiger partial charge < -0.3 is 15.4 Å². The number of ether oxygens (including phenoxy) is 1. The van der Waals surface area contributed by atoms with Gasteiger partial charge in [-0.25, -0.2) is 0 Å². The van der Waals surface area contributed by atoms with Gasteiger partial charge >= 0.3 is 0 Å². The van der Waals surface area contributed by atoms with Crippen LogP contribution in [0, 0.1) is 6.92 Å². The van der Waals surface area contributed by atoms with E-state index in [0.29, 0.717) is 30.0 Å². The van der Waals surface area contributed by atoms with Crippen LogP contribution in [-0.2, 0) is 6.42 Å². The highest BCUT2D eigenvalue weighted by molar-refractivity contribution is 5.96. The molecule has 4 rings (SSSR count). The summed E-state index contributed by atoms with van der Waals surface area (Å²) in [5, 5.41) is 0. The van der Waals surface area contributed by atoms with E-state index in [1.165, 1.54) is 0 Å². The topological polar surface area (TPSA) is 72.6 Å². The lowest BCUT2D eigenvalue weighted by atomic mass is 9.93. The standard InChI is InChI=1S/C27H28N2O3.CH4/c1-3-19-8-4-5-10-25(19)32-22-11-12-23(24(16-22)26(28)30)21-13-14-29(17-21)27(31)20-9-6-7-18(2)15-20;/h4-12,15-16,21H,3,13-14,17H2,1-2H3,(H2,28,30);1H4. The molecule has 3 aromatic rings. The van der Waals surface area contributed by atoms with E-state index in [4.69, 9.17) is 10.5 Å². The molecule has 1 atom stereocenters. The smallest absolute Gasteiger partial charge is 0.253 e. The van der Waals surface area contributed by atoms with Gasteiger partial charge in [-0.3, -0.25) is 9.59 Å². The number of hydrogen-bond acceptors (Lipinski definition) is 3. The third-order valence-corrected chi connectivity index (χ3v) is 6.05. The Morgan fingerprint density at radius 1 is 1.06 bits per heavy atom. The number of para-hydroxylation sites is 1. The molecule has 0 bridgehead atoms. The second kappa shape index (κ2) is 10.3. The van der Waals surface area contributed by atoms with Gasteiger partial charge in [0.15, 0.2) is 0 Å². The highest BCUT2D eigenvalue weighted by Gasteiger charge is 2.30. The van der Waals surface area contributed by atoms with Crippen LogP contribution in [0.2, 0.25) is 0 Å². The van der Waals surface area contributed by atoms with Gasteiger partial charge in [-0.2, -0.15) is 0 Å². The SMILES string of the molecule is C.CCc1ccccc1Oc1ccc(C2CCN(C(=O)c3cccc(C)c3)C2)c(C(N)=O)c1. The minimum Gasteiger partial charge on any atom is -0.457 e. The fourth-order valence-corrected chi connectivity index (χ4v) is 4.35. The Morgan fingerprint density at radius 3 is 2.58 bits per heavy atom. The van der Waals surface area contributed by atoms with Crippen molar-refractivity contribution in [3.63, 3.8) is 0 Å². The number of amides is 2. The first kappa shape index (κ1) is 24.1. The molecule has 2 N–H and O–H groups in total. The maximum absolute atomic E-state index is 12.9. The summed E-state index contributed by atoms with van der Waals surface area (Å²) in [5.41, 5.74) is 9.89. The summed E-state index contributed by atoms with van der Waals surface area (Å²) < 4.78 is 6.06. The molecular weight excluding hydrogens is 412 g/mol. The lowest BCUT2D eigenvalue weighted by Crippen LogP contribution is -2.28. The van der Waals surface area contributed by atoms with Crippen LogP contribution < -0.4 is 10.5 Å². The molecule has 0 radical (unpaired) electrons. The van der Waals surface area contributed by atoms with Crippen LogP contribution in [0.4, 0.5) is 0 Å². The van der Waals surface area contributed by atoms with E-state index >= 15 is 0 Å². The summed E-state index contributed by atoms with van der Waals surface area (Å²) in [6.07, 6.45) is 1.64. The number of nitrogens with zero attached hydrogens (tertiary/aromatic N) is 1. The van der Waals surface area contributed by atoms with Crippen molar-refractivity contribution in [3.8, 4) is 11.5 Å². The highest BCUT2D eigenvalue weighted by Crippen LogP contribution is 2.34. The van der Waals surface area contributed by atoms with E-state index in [1.54, 1.807) is 6.07 Å². The van der Waals surface area contributed by atoms with Crippen LogP contribution in [0.25, 0.3) is 0 Å². The summed E-state index contributed by atoms with van der Waals surface area (Å²) >= 11 is 0. The Labute approximate surface area is 196 Å². The van der Waals surface area contributed by atoms with Gasteiger partial charge in [0, 0.05) is 30.1 Å². The minimum absolute atomic E-state index is 0. The van der Waals surface area contributed by atoms with E-state index in [0.717, 1.165) is 35.3 Å². The maximum atomic E-state index is 12.9. The average molecular weight is 445 g/mol. The van der Waals surface area contributed by atoms with Gasteiger partial charge in [-0.1, -0.05) is 56.3 Å². The number of primary amides is 1. The van der Waals surface area contributed by atoms with Gasteiger partial charge in [-0.15, -0.1) is 0 Å². The molecule has 1 fully saturated rings. The summed E-state index contributed by atoms with van der Waals surface area (Å²) in [7, 11) is 0. The van der Waals surface area contributed by atoms with Crippen LogP contribution in [-0.4, -0.2) is 29.8 Å². The lowest BCUT2D eigenvalue weighted by Gasteiger charge is -2.19. The second-order valence-corrected chi connectivity index (χ2v) is 8.28. The van der Waals surface area contributed by atoms with E-state index < -0.39 is 5.91 Å². The normalized spacial score (nSPS) is 15.1. The predicted octanol–water partition coefficient (Wildman–Crippen LogP) is 5.71. The summed E-state index contributed by atoms with van der Waals surface area (Å²) in [6, 6.07) is 21.0. The van der Waals surface area contributed by atoms with E-state index in [1.807, 2.05) is 72.5 Å². The molecular formula is C28H32N2O3. The molecule has 33 heavy (non-hydrogen) atoms. The van der Waals surface area contributed by atoms with E-state index in [2.05, 4.69) is 6.92 Å². The number of aryl methyl sites for hydroxylation is 2. The summed E-state index contributed by atoms with van der Waals surface area (Å²) in [4.78, 5) is 27.0. The number of likely N-dealkylation sites (tertiary alicyclic amines) is 1. The Bertz CT molecular complexity index is 1160. The third-order valence-electron chi connectivity index (χ3n) is 6.05. The van der Waals surface area contributed by atoms with Crippen LogP contribution >= 0.6 is 0 Å². The van der Waals surface area contributed by atoms with E-state index in [-0.39, 0.29) is 19.3 Å². The molecule has 172 valence electrons. The molecule has 1 aliphatic heterocycles. The molecule has 0 aliphatic carbocycles. The van der Waals surface area contributed by atoms with Crippen molar-refractivity contribution in [1.29, 1.82) is 0 Å². The first-order valence-corrected chi connectivity index (χ1v) is 11.0. The fourth-order valence-electron chi connectivity index (χ4n) is 4.35. The zero-order valence-electron chi connectivity index (χ0n) is 18.5. The van der Waals surface area contributed by atoms with Gasteiger partial charge in [0.05, 0.1) is 0 Å². The van der Waals surface area contributed by atoms with Gasteiger partial charge in [0.25, 0.3) is 5.91 Å². The van der Waals surface area contributed by atoms with E-state index in [9.17, 15) is 9.59 Å². The first-order chi connectivity index (χ1) is 15.5. The second-order valence-electron chi connectivity index (χ2n) is 8.28. The van der Waals surface area contributed by atoms with Gasteiger partial charge in [0.2, 0.25) is 5.91 Å². The molecule has 1 saturated heterocycles. The van der Waals surface area contributed by atoms with Crippen molar-refractivity contribution in [2.75, 3.05) is 13.1 Å². The highest BCUT2D eigenvalue weighted by atomic mass is 16.5. The van der Waals surface area contributed by atoms with Crippen molar-refractivity contribution in [1.82, 2.24) is 4.90 Å². The predicted molar refractivity (Wildman–Crippen MR) is 132 cm³/mol. The Hall–Kier alpha value is -3.60. The molecule has 1 unspecified atom stereocenters. The van der Waals surface area contributed by atoms with Crippen molar-refractivity contribution in [3.05, 3.63) is 94.5 Å². The van der Waals surface area contributed by atoms with Crippen molar-refractivity contribution < 1.29 is 14.3 Å². The van der Waals surface area contributed by atoms with Gasteiger partial charge in [0.1, 0.15) is 11.5 Å². The summed E-state index contributed by atoms with van der Waals surface area (Å²) in [6.45, 7) is 5.26. The zero-order valence-corrected chi connectivity index (χ0v) is 18.5. The number of nitrogens with two attached hydrogens (primary N) is 1. The molecule has 1 aliphatic rings. The first-order valence-electron chi connectivity index (χ1n) is 11.0. The van der Waals surface area contributed by atoms with Crippen molar-refractivity contribution >= 4 is 11.8 Å². The van der Waals surface area contributed by atoms with Crippen molar-refractivity contribution in [2.45, 2.75) is 40.0 Å². The average Bonchev–Trinajstić information content (AvgIpc) is 3.29. The fraction of sp³-hybridized carbons (Fsp3) is 0.286. The molecule has 0 spiro atoms. The Balaban J connectivity index is 0.00000306. The number of hydrogen-bond donors (Lipinski definition) is 1. The van der Waals surface area contributed by atoms with Crippen molar-refractivity contribution in [2.24, 2.45) is 5.73 Å². The molecule has 3 aromatic carbocycles. The van der Waals surface area contributed by atoms with Crippen LogP contribution in [0.1, 0.15) is 64.1 Å². The van der Waals surface area contributed by atoms with Gasteiger partial charge in [-0.05, 0) is 61.2 Å². The molecule has 0 saturated carbocycles. The molecule has 5 heteroatoms. The quantitative estimate of drug-likeness (QED) is 0.529. The molecule has 0 aromatic heterocycles. The number of rotatable bonds is 6. The third kappa shape index (κ3) is 5.25. The molecule has 1 heterocycles. The van der Waals surface area contributed by atoms with Crippen LogP contribution in [0.5, 0.6) is 11.5 Å². The Morgan fingerprint density at radius 2 is 1.85 bits per heavy atom. The monoisotopic (exact) mass is 444 g/mol. The minimum atomic E-state index is -0.488. The Kier molecular flexibility index (Phi) is 7.54. The molecule has 5 nitrogen and oxygen atoms in total. The maximum Gasteiger partial charge on any atom is 0.253 e. The zero-order chi connectivity index (χ0) is 22.7. The van der Waals surface area contributed by atoms with Crippen LogP contribution in [0.15, 0.2) is 66.7 Å². The number of carbonyl (C=O) groups is 2. The van der Waals surface area contributed by atoms with Crippen LogP contribution in [0.3, 0.4) is 0 Å². The number of carbonyl (C=O) groups excluding carboxylic acids is 2. The number of benzene rings is 3. The summed E-state index contributed by atoms with van der Waals surface area (Å²) in [5.74, 6) is 0.942. The molecule has 2 amide bonds. The largest absolute Gasteiger partial charge is 0.457 e.